The van der Waals surface area contributed by atoms with Gasteiger partial charge in [-0.3, -0.25) is 4.90 Å². The van der Waals surface area contributed by atoms with Crippen LogP contribution in [-0.4, -0.2) is 45.9 Å². The summed E-state index contributed by atoms with van der Waals surface area (Å²) in [7, 11) is 0. The van der Waals surface area contributed by atoms with Gasteiger partial charge in [0.1, 0.15) is 0 Å². The molecule has 1 aromatic rings. The minimum absolute atomic E-state index is 0.0718. The maximum absolute atomic E-state index is 10.3. The highest BCUT2D eigenvalue weighted by atomic mass is 16.3. The lowest BCUT2D eigenvalue weighted by Gasteiger charge is -2.51. The number of H-pyrrole nitrogens is 1. The Labute approximate surface area is 143 Å². The average Bonchev–Trinajstić information content (AvgIpc) is 2.99. The summed E-state index contributed by atoms with van der Waals surface area (Å²) in [6, 6.07) is 0.458. The zero-order valence-electron chi connectivity index (χ0n) is 14.2. The van der Waals surface area contributed by atoms with E-state index in [4.69, 9.17) is 0 Å². The Balaban J connectivity index is 1.48. The number of piperidine rings is 1. The number of aromatic amines is 1. The summed E-state index contributed by atoms with van der Waals surface area (Å²) in [6.07, 6.45) is 10.6. The van der Waals surface area contributed by atoms with Crippen LogP contribution in [0.2, 0.25) is 0 Å². The Morgan fingerprint density at radius 1 is 1.17 bits per heavy atom. The van der Waals surface area contributed by atoms with Gasteiger partial charge in [0.05, 0.1) is 12.1 Å². The van der Waals surface area contributed by atoms with Gasteiger partial charge in [-0.25, -0.2) is 0 Å². The number of hydrogen-bond acceptors (Lipinski definition) is 3. The molecule has 130 valence electrons. The number of aliphatic hydroxyl groups is 2. The highest BCUT2D eigenvalue weighted by Crippen LogP contribution is 2.48. The van der Waals surface area contributed by atoms with E-state index in [1.165, 1.54) is 24.4 Å². The van der Waals surface area contributed by atoms with Crippen LogP contribution in [-0.2, 0) is 19.3 Å². The molecule has 0 aromatic carbocycles. The molecule has 4 heteroatoms. The van der Waals surface area contributed by atoms with Crippen LogP contribution in [0.4, 0.5) is 0 Å². The summed E-state index contributed by atoms with van der Waals surface area (Å²) < 4.78 is 0. The molecule has 2 aliphatic carbocycles. The Morgan fingerprint density at radius 2 is 2.04 bits per heavy atom. The highest BCUT2D eigenvalue weighted by Gasteiger charge is 2.46. The number of aromatic nitrogens is 1. The quantitative estimate of drug-likeness (QED) is 0.691. The molecule has 0 radical (unpaired) electrons. The molecule has 1 aromatic heterocycles. The van der Waals surface area contributed by atoms with Crippen molar-refractivity contribution in [1.29, 1.82) is 0 Å². The molecule has 2 fully saturated rings. The first kappa shape index (κ1) is 15.2. The molecule has 24 heavy (non-hydrogen) atoms. The van der Waals surface area contributed by atoms with Crippen LogP contribution in [0.25, 0.3) is 0 Å². The molecule has 1 saturated carbocycles. The van der Waals surface area contributed by atoms with Crippen LogP contribution in [0.3, 0.4) is 0 Å². The second-order valence-electron chi connectivity index (χ2n) is 8.27. The van der Waals surface area contributed by atoms with E-state index < -0.39 is 0 Å². The normalized spacial score (nSPS) is 38.2. The van der Waals surface area contributed by atoms with E-state index >= 15 is 0 Å². The predicted octanol–water partition coefficient (Wildman–Crippen LogP) is 1.97. The average molecular weight is 328 g/mol. The SMILES string of the molecule is OC[C@@H]1[C@H]2C[C@H]3c4[nH]c5c(c4CCN3C[C@@H]2CC[C@@H]1O)CC=CC5. The summed E-state index contributed by atoms with van der Waals surface area (Å²) in [5.41, 5.74) is 6.00. The van der Waals surface area contributed by atoms with Gasteiger partial charge in [-0.05, 0) is 55.1 Å². The largest absolute Gasteiger partial charge is 0.396 e. The first-order valence-corrected chi connectivity index (χ1v) is 9.66. The number of aliphatic hydroxyl groups excluding tert-OH is 2. The molecule has 1 saturated heterocycles. The molecule has 0 bridgehead atoms. The molecule has 0 spiro atoms. The second-order valence-corrected chi connectivity index (χ2v) is 8.27. The minimum atomic E-state index is -0.313. The van der Waals surface area contributed by atoms with Gasteiger partial charge in [0.25, 0.3) is 0 Å². The summed E-state index contributed by atoms with van der Waals surface area (Å²) in [4.78, 5) is 6.45. The number of nitrogens with zero attached hydrogens (tertiary/aromatic N) is 1. The standard InChI is InChI=1S/C20H28N2O2/c23-11-16-15-9-18-20-14(13-3-1-2-4-17(13)21-20)7-8-22(18)10-12(15)5-6-19(16)24/h1-2,12,15-16,18-19,21,23-24H,3-11H2/t12-,15-,16+,18-,19-/m0/s1. The van der Waals surface area contributed by atoms with Crippen molar-refractivity contribution in [3.05, 3.63) is 34.7 Å². The van der Waals surface area contributed by atoms with Gasteiger partial charge in [-0.15, -0.1) is 0 Å². The van der Waals surface area contributed by atoms with Gasteiger partial charge in [0.15, 0.2) is 0 Å². The lowest BCUT2D eigenvalue weighted by molar-refractivity contribution is -0.0725. The van der Waals surface area contributed by atoms with Crippen LogP contribution in [0.15, 0.2) is 12.2 Å². The molecule has 0 unspecified atom stereocenters. The lowest BCUT2D eigenvalue weighted by Crippen LogP contribution is -2.52. The second kappa shape index (κ2) is 5.72. The van der Waals surface area contributed by atoms with Crippen molar-refractivity contribution in [3.63, 3.8) is 0 Å². The van der Waals surface area contributed by atoms with Gasteiger partial charge in [0, 0.05) is 43.4 Å². The van der Waals surface area contributed by atoms with Crippen LogP contribution in [0.1, 0.15) is 47.8 Å². The van der Waals surface area contributed by atoms with Crippen molar-refractivity contribution >= 4 is 0 Å². The number of nitrogens with one attached hydrogen (secondary N) is 1. The topological polar surface area (TPSA) is 59.5 Å². The Morgan fingerprint density at radius 3 is 2.92 bits per heavy atom. The first-order chi connectivity index (χ1) is 11.8. The smallest absolute Gasteiger partial charge is 0.0593 e. The first-order valence-electron chi connectivity index (χ1n) is 9.66. The number of fused-ring (bicyclic) bond motifs is 6. The predicted molar refractivity (Wildman–Crippen MR) is 92.8 cm³/mol. The molecule has 4 nitrogen and oxygen atoms in total. The van der Waals surface area contributed by atoms with E-state index in [2.05, 4.69) is 22.0 Å². The molecular weight excluding hydrogens is 300 g/mol. The van der Waals surface area contributed by atoms with Crippen molar-refractivity contribution in [3.8, 4) is 0 Å². The van der Waals surface area contributed by atoms with E-state index in [1.807, 2.05) is 0 Å². The van der Waals surface area contributed by atoms with Gasteiger partial charge < -0.3 is 15.2 Å². The number of allylic oxidation sites excluding steroid dienone is 2. The molecule has 0 amide bonds. The van der Waals surface area contributed by atoms with Crippen LogP contribution in [0, 0.1) is 17.8 Å². The van der Waals surface area contributed by atoms with Gasteiger partial charge >= 0.3 is 0 Å². The number of rotatable bonds is 1. The molecule has 3 N–H and O–H groups in total. The van der Waals surface area contributed by atoms with Crippen molar-refractivity contribution in [2.24, 2.45) is 17.8 Å². The van der Waals surface area contributed by atoms with E-state index in [9.17, 15) is 10.2 Å². The van der Waals surface area contributed by atoms with Gasteiger partial charge in [0.2, 0.25) is 0 Å². The monoisotopic (exact) mass is 328 g/mol. The Kier molecular flexibility index (Phi) is 3.62. The number of hydrogen-bond donors (Lipinski definition) is 3. The fourth-order valence-corrected chi connectivity index (χ4v) is 5.99. The summed E-state index contributed by atoms with van der Waals surface area (Å²) in [6.45, 7) is 2.44. The van der Waals surface area contributed by atoms with Crippen molar-refractivity contribution < 1.29 is 10.2 Å². The highest BCUT2D eigenvalue weighted by molar-refractivity contribution is 5.44. The minimum Gasteiger partial charge on any atom is -0.396 e. The molecule has 2 aliphatic heterocycles. The molecule has 5 rings (SSSR count). The van der Waals surface area contributed by atoms with Crippen LogP contribution >= 0.6 is 0 Å². The molecular formula is C20H28N2O2. The third-order valence-corrected chi connectivity index (χ3v) is 7.23. The fraction of sp³-hybridized carbons (Fsp3) is 0.700. The van der Waals surface area contributed by atoms with E-state index in [0.29, 0.717) is 17.9 Å². The van der Waals surface area contributed by atoms with E-state index in [1.54, 1.807) is 11.1 Å². The van der Waals surface area contributed by atoms with Gasteiger partial charge in [-0.2, -0.15) is 0 Å². The van der Waals surface area contributed by atoms with Crippen molar-refractivity contribution in [2.75, 3.05) is 19.7 Å². The summed E-state index contributed by atoms with van der Waals surface area (Å²) >= 11 is 0. The molecule has 5 atom stereocenters. The van der Waals surface area contributed by atoms with Crippen LogP contribution < -0.4 is 0 Å². The zero-order valence-corrected chi connectivity index (χ0v) is 14.2. The summed E-state index contributed by atoms with van der Waals surface area (Å²) in [5.74, 6) is 1.18. The Bertz CT molecular complexity index is 665. The maximum Gasteiger partial charge on any atom is 0.0593 e. The zero-order chi connectivity index (χ0) is 16.3. The van der Waals surface area contributed by atoms with Crippen LogP contribution in [0.5, 0.6) is 0 Å². The van der Waals surface area contributed by atoms with Crippen molar-refractivity contribution in [2.45, 2.75) is 50.7 Å². The van der Waals surface area contributed by atoms with Gasteiger partial charge in [-0.1, -0.05) is 12.2 Å². The maximum atomic E-state index is 10.3. The Hall–Kier alpha value is -1.10. The summed E-state index contributed by atoms with van der Waals surface area (Å²) in [5, 5.41) is 20.2. The third-order valence-electron chi connectivity index (χ3n) is 7.23. The van der Waals surface area contributed by atoms with Crippen molar-refractivity contribution in [1.82, 2.24) is 9.88 Å². The van der Waals surface area contributed by atoms with E-state index in [-0.39, 0.29) is 18.6 Å². The third kappa shape index (κ3) is 2.16. The lowest BCUT2D eigenvalue weighted by atomic mass is 9.65. The molecule has 4 aliphatic rings. The fourth-order valence-electron chi connectivity index (χ4n) is 5.99. The molecule has 3 heterocycles. The van der Waals surface area contributed by atoms with E-state index in [0.717, 1.165) is 38.6 Å².